The molecule has 0 aliphatic carbocycles. The fourth-order valence-corrected chi connectivity index (χ4v) is 0.960. The number of nitrogens with zero attached hydrogens (tertiary/aromatic N) is 1. The minimum Gasteiger partial charge on any atom is -0.318 e. The van der Waals surface area contributed by atoms with Gasteiger partial charge in [0, 0.05) is 25.9 Å². The quantitative estimate of drug-likeness (QED) is 0.735. The molecule has 68 valence electrons. The van der Waals surface area contributed by atoms with Gasteiger partial charge in [-0.25, -0.2) is 0 Å². The van der Waals surface area contributed by atoms with Crippen molar-refractivity contribution in [2.45, 2.75) is 6.54 Å². The van der Waals surface area contributed by atoms with Crippen molar-refractivity contribution in [3.63, 3.8) is 0 Å². The molecule has 1 rings (SSSR count). The fraction of sp³-hybridized carbons (Fsp3) is 0.375. The molecule has 1 aromatic rings. The number of aromatic nitrogens is 1. The topological polar surface area (TPSA) is 34.0 Å². The molecule has 0 saturated heterocycles. The normalized spacial score (nSPS) is 9.17. The monoisotopic (exact) mass is 188 g/mol. The minimum atomic E-state index is 0. The third kappa shape index (κ3) is 2.68. The highest BCUT2D eigenvalue weighted by Gasteiger charge is 1.91. The van der Waals surface area contributed by atoms with Crippen LogP contribution in [0, 0.1) is 0 Å². The van der Waals surface area contributed by atoms with E-state index in [9.17, 15) is 4.79 Å². The van der Waals surface area contributed by atoms with Crippen LogP contribution in [0.25, 0.3) is 0 Å². The Labute approximate surface area is 77.8 Å². The van der Waals surface area contributed by atoms with Gasteiger partial charge >= 0.3 is 0 Å². The van der Waals surface area contributed by atoms with Crippen molar-refractivity contribution in [1.82, 2.24) is 9.88 Å². The van der Waals surface area contributed by atoms with Crippen LogP contribution in [0.1, 0.15) is 5.56 Å². The smallest absolute Gasteiger partial charge is 0.250 e. The SMILES string of the molecule is CNCc1ccc(=O)n(C)c1.Cl. The maximum atomic E-state index is 10.9. The second-order valence-corrected chi connectivity index (χ2v) is 2.52. The summed E-state index contributed by atoms with van der Waals surface area (Å²) in [7, 11) is 3.63. The first-order valence-corrected chi connectivity index (χ1v) is 3.54. The van der Waals surface area contributed by atoms with Crippen LogP contribution in [0.4, 0.5) is 0 Å². The molecule has 0 aliphatic heterocycles. The summed E-state index contributed by atoms with van der Waals surface area (Å²) in [6.07, 6.45) is 1.83. The van der Waals surface area contributed by atoms with E-state index in [0.717, 1.165) is 12.1 Å². The van der Waals surface area contributed by atoms with Gasteiger partial charge in [0.25, 0.3) is 0 Å². The van der Waals surface area contributed by atoms with Gasteiger partial charge < -0.3 is 9.88 Å². The highest BCUT2D eigenvalue weighted by atomic mass is 35.5. The van der Waals surface area contributed by atoms with E-state index in [4.69, 9.17) is 0 Å². The molecule has 1 heterocycles. The van der Waals surface area contributed by atoms with Gasteiger partial charge in [-0.3, -0.25) is 4.79 Å². The van der Waals surface area contributed by atoms with Crippen LogP contribution in [0.15, 0.2) is 23.1 Å². The van der Waals surface area contributed by atoms with E-state index in [1.165, 1.54) is 0 Å². The summed E-state index contributed by atoms with van der Waals surface area (Å²) in [5.41, 5.74) is 1.15. The van der Waals surface area contributed by atoms with Gasteiger partial charge in [-0.15, -0.1) is 12.4 Å². The Balaban J connectivity index is 0.00000121. The predicted molar refractivity (Wildman–Crippen MR) is 51.7 cm³/mol. The zero-order valence-corrected chi connectivity index (χ0v) is 8.02. The lowest BCUT2D eigenvalue weighted by molar-refractivity contribution is 0.779. The molecule has 0 amide bonds. The lowest BCUT2D eigenvalue weighted by atomic mass is 10.3. The van der Waals surface area contributed by atoms with Crippen molar-refractivity contribution in [2.75, 3.05) is 7.05 Å². The summed E-state index contributed by atoms with van der Waals surface area (Å²) in [6, 6.07) is 3.41. The summed E-state index contributed by atoms with van der Waals surface area (Å²) in [6.45, 7) is 0.800. The highest BCUT2D eigenvalue weighted by Crippen LogP contribution is 1.92. The molecule has 0 bridgehead atoms. The van der Waals surface area contributed by atoms with Gasteiger partial charge in [-0.2, -0.15) is 0 Å². The molecule has 1 aromatic heterocycles. The molecular weight excluding hydrogens is 176 g/mol. The van der Waals surface area contributed by atoms with Crippen molar-refractivity contribution < 1.29 is 0 Å². The van der Waals surface area contributed by atoms with Crippen molar-refractivity contribution in [2.24, 2.45) is 7.05 Å². The van der Waals surface area contributed by atoms with Crippen LogP contribution in [-0.4, -0.2) is 11.6 Å². The van der Waals surface area contributed by atoms with Gasteiger partial charge in [-0.05, 0) is 12.6 Å². The molecule has 0 unspecified atom stereocenters. The van der Waals surface area contributed by atoms with Crippen LogP contribution in [0.2, 0.25) is 0 Å². The Kier molecular flexibility index (Phi) is 4.62. The van der Waals surface area contributed by atoms with E-state index in [-0.39, 0.29) is 18.0 Å². The largest absolute Gasteiger partial charge is 0.318 e. The molecule has 0 spiro atoms. The third-order valence-corrected chi connectivity index (χ3v) is 1.53. The van der Waals surface area contributed by atoms with Gasteiger partial charge in [0.05, 0.1) is 0 Å². The molecule has 4 heteroatoms. The number of hydrogen-bond acceptors (Lipinski definition) is 2. The zero-order valence-electron chi connectivity index (χ0n) is 7.20. The Morgan fingerprint density at radius 1 is 1.50 bits per heavy atom. The minimum absolute atomic E-state index is 0. The van der Waals surface area contributed by atoms with E-state index < -0.39 is 0 Å². The van der Waals surface area contributed by atoms with E-state index in [1.54, 1.807) is 17.7 Å². The first kappa shape index (κ1) is 11.2. The number of pyridine rings is 1. The van der Waals surface area contributed by atoms with Crippen LogP contribution in [0.5, 0.6) is 0 Å². The summed E-state index contributed by atoms with van der Waals surface area (Å²) < 4.78 is 1.58. The molecule has 0 radical (unpaired) electrons. The Bertz CT molecular complexity index is 295. The third-order valence-electron chi connectivity index (χ3n) is 1.53. The second kappa shape index (κ2) is 4.95. The van der Waals surface area contributed by atoms with Crippen molar-refractivity contribution >= 4 is 12.4 Å². The average Bonchev–Trinajstić information content (AvgIpc) is 1.98. The first-order chi connectivity index (χ1) is 5.24. The molecular formula is C8H13ClN2O. The number of nitrogens with one attached hydrogen (secondary N) is 1. The van der Waals surface area contributed by atoms with Gasteiger partial charge in [0.2, 0.25) is 5.56 Å². The first-order valence-electron chi connectivity index (χ1n) is 3.54. The lowest BCUT2D eigenvalue weighted by Gasteiger charge is -2.01. The van der Waals surface area contributed by atoms with Crippen LogP contribution < -0.4 is 10.9 Å². The lowest BCUT2D eigenvalue weighted by Crippen LogP contribution is -2.16. The molecule has 12 heavy (non-hydrogen) atoms. The Hall–Kier alpha value is -0.800. The Morgan fingerprint density at radius 3 is 2.67 bits per heavy atom. The molecule has 3 nitrogen and oxygen atoms in total. The highest BCUT2D eigenvalue weighted by molar-refractivity contribution is 5.85. The number of halogens is 1. The van der Waals surface area contributed by atoms with Crippen LogP contribution in [-0.2, 0) is 13.6 Å². The molecule has 1 N–H and O–H groups in total. The second-order valence-electron chi connectivity index (χ2n) is 2.52. The summed E-state index contributed by atoms with van der Waals surface area (Å²) >= 11 is 0. The van der Waals surface area contributed by atoms with E-state index in [1.807, 2.05) is 19.3 Å². The average molecular weight is 189 g/mol. The number of aryl methyl sites for hydroxylation is 1. The number of hydrogen-bond donors (Lipinski definition) is 1. The van der Waals surface area contributed by atoms with E-state index in [0.29, 0.717) is 0 Å². The fourth-order valence-electron chi connectivity index (χ4n) is 0.960. The maximum absolute atomic E-state index is 10.9. The maximum Gasteiger partial charge on any atom is 0.250 e. The van der Waals surface area contributed by atoms with E-state index in [2.05, 4.69) is 5.32 Å². The van der Waals surface area contributed by atoms with Crippen LogP contribution >= 0.6 is 12.4 Å². The summed E-state index contributed by atoms with van der Waals surface area (Å²) in [4.78, 5) is 10.9. The zero-order chi connectivity index (χ0) is 8.27. The summed E-state index contributed by atoms with van der Waals surface area (Å²) in [5.74, 6) is 0. The molecule has 0 aliphatic rings. The molecule has 0 aromatic carbocycles. The molecule has 0 saturated carbocycles. The van der Waals surface area contributed by atoms with Crippen molar-refractivity contribution in [1.29, 1.82) is 0 Å². The van der Waals surface area contributed by atoms with Gasteiger partial charge in [0.1, 0.15) is 0 Å². The van der Waals surface area contributed by atoms with Gasteiger partial charge in [-0.1, -0.05) is 6.07 Å². The predicted octanol–water partition coefficient (Wildman–Crippen LogP) is 0.526. The summed E-state index contributed by atoms with van der Waals surface area (Å²) in [5, 5.41) is 3.02. The molecule has 0 atom stereocenters. The van der Waals surface area contributed by atoms with Crippen LogP contribution in [0.3, 0.4) is 0 Å². The van der Waals surface area contributed by atoms with Crippen molar-refractivity contribution in [3.8, 4) is 0 Å². The number of rotatable bonds is 2. The van der Waals surface area contributed by atoms with Gasteiger partial charge in [0.15, 0.2) is 0 Å². The van der Waals surface area contributed by atoms with Crippen molar-refractivity contribution in [3.05, 3.63) is 34.2 Å². The Morgan fingerprint density at radius 2 is 2.17 bits per heavy atom. The molecule has 0 fully saturated rings. The standard InChI is InChI=1S/C8H12N2O.ClH/c1-9-5-7-3-4-8(11)10(2)6-7;/h3-4,6,9H,5H2,1-2H3;1H. The van der Waals surface area contributed by atoms with E-state index >= 15 is 0 Å².